The summed E-state index contributed by atoms with van der Waals surface area (Å²) in [7, 11) is 0. The molecular weight excluding hydrogens is 202 g/mol. The van der Waals surface area contributed by atoms with Crippen molar-refractivity contribution < 1.29 is 5.11 Å². The van der Waals surface area contributed by atoms with Crippen molar-refractivity contribution in [2.75, 3.05) is 31.1 Å². The van der Waals surface area contributed by atoms with Gasteiger partial charge >= 0.3 is 0 Å². The molecule has 2 rings (SSSR count). The maximum Gasteiger partial charge on any atom is 0.128 e. The van der Waals surface area contributed by atoms with Crippen LogP contribution >= 0.6 is 0 Å². The molecule has 0 spiro atoms. The van der Waals surface area contributed by atoms with Crippen molar-refractivity contribution in [3.8, 4) is 0 Å². The molecule has 16 heavy (non-hydrogen) atoms. The molecule has 0 amide bonds. The quantitative estimate of drug-likeness (QED) is 0.797. The minimum absolute atomic E-state index is 0.385. The number of piperazine rings is 1. The number of hydrogen-bond acceptors (Lipinski definition) is 4. The fourth-order valence-electron chi connectivity index (χ4n) is 1.91. The van der Waals surface area contributed by atoms with Gasteiger partial charge in [-0.1, -0.05) is 13.0 Å². The zero-order chi connectivity index (χ0) is 11.4. The van der Waals surface area contributed by atoms with Crippen LogP contribution < -0.4 is 10.2 Å². The lowest BCUT2D eigenvalue weighted by molar-refractivity contribution is 0.173. The first-order valence-corrected chi connectivity index (χ1v) is 5.91. The van der Waals surface area contributed by atoms with Crippen LogP contribution in [-0.4, -0.2) is 36.3 Å². The molecule has 0 aromatic carbocycles. The fourth-order valence-corrected chi connectivity index (χ4v) is 1.91. The minimum atomic E-state index is -0.385. The van der Waals surface area contributed by atoms with Gasteiger partial charge in [0, 0.05) is 32.4 Å². The van der Waals surface area contributed by atoms with Crippen LogP contribution in [0.3, 0.4) is 0 Å². The molecular formula is C12H19N3O. The fraction of sp³-hybridized carbons (Fsp3) is 0.583. The van der Waals surface area contributed by atoms with E-state index in [1.54, 1.807) is 6.20 Å². The second-order valence-corrected chi connectivity index (χ2v) is 4.11. The Kier molecular flexibility index (Phi) is 3.74. The largest absolute Gasteiger partial charge is 0.388 e. The Bertz CT molecular complexity index is 320. The van der Waals surface area contributed by atoms with Crippen LogP contribution in [0.1, 0.15) is 25.0 Å². The van der Waals surface area contributed by atoms with E-state index in [0.29, 0.717) is 0 Å². The number of anilines is 1. The lowest BCUT2D eigenvalue weighted by Gasteiger charge is -2.28. The summed E-state index contributed by atoms with van der Waals surface area (Å²) in [5.41, 5.74) is 0.904. The van der Waals surface area contributed by atoms with Gasteiger partial charge in [0.05, 0.1) is 6.10 Å². The summed E-state index contributed by atoms with van der Waals surface area (Å²) in [5.74, 6) is 1.01. The molecule has 2 heterocycles. The Balaban J connectivity index is 2.06. The number of aromatic nitrogens is 1. The van der Waals surface area contributed by atoms with E-state index in [4.69, 9.17) is 0 Å². The van der Waals surface area contributed by atoms with E-state index in [1.165, 1.54) is 0 Å². The average molecular weight is 221 g/mol. The van der Waals surface area contributed by atoms with Gasteiger partial charge in [0.1, 0.15) is 5.82 Å². The van der Waals surface area contributed by atoms with Crippen molar-refractivity contribution in [2.45, 2.75) is 19.4 Å². The summed E-state index contributed by atoms with van der Waals surface area (Å²) in [4.78, 5) is 6.67. The zero-order valence-corrected chi connectivity index (χ0v) is 9.69. The molecule has 0 bridgehead atoms. The smallest absolute Gasteiger partial charge is 0.128 e. The number of hydrogen-bond donors (Lipinski definition) is 2. The predicted molar refractivity (Wildman–Crippen MR) is 64.6 cm³/mol. The van der Waals surface area contributed by atoms with Gasteiger partial charge in [-0.05, 0) is 18.1 Å². The van der Waals surface area contributed by atoms with Gasteiger partial charge in [-0.2, -0.15) is 0 Å². The lowest BCUT2D eigenvalue weighted by Crippen LogP contribution is -2.43. The summed E-state index contributed by atoms with van der Waals surface area (Å²) >= 11 is 0. The number of rotatable bonds is 3. The zero-order valence-electron chi connectivity index (χ0n) is 9.69. The summed E-state index contributed by atoms with van der Waals surface area (Å²) in [5, 5.41) is 13.0. The molecule has 1 saturated heterocycles. The number of aliphatic hydroxyl groups excluding tert-OH is 1. The van der Waals surface area contributed by atoms with Gasteiger partial charge in [-0.3, -0.25) is 0 Å². The first kappa shape index (κ1) is 11.4. The predicted octanol–water partition coefficient (Wildman–Crippen LogP) is 0.935. The highest BCUT2D eigenvalue weighted by molar-refractivity contribution is 5.40. The van der Waals surface area contributed by atoms with E-state index in [9.17, 15) is 5.11 Å². The molecule has 4 heteroatoms. The molecule has 1 aliphatic heterocycles. The molecule has 1 atom stereocenters. The molecule has 1 aromatic rings. The molecule has 0 unspecified atom stereocenters. The van der Waals surface area contributed by atoms with Crippen LogP contribution in [0.2, 0.25) is 0 Å². The van der Waals surface area contributed by atoms with Gasteiger partial charge in [-0.15, -0.1) is 0 Å². The molecule has 0 aliphatic carbocycles. The van der Waals surface area contributed by atoms with E-state index in [0.717, 1.165) is 44.0 Å². The molecule has 1 aliphatic rings. The minimum Gasteiger partial charge on any atom is -0.388 e. The summed E-state index contributed by atoms with van der Waals surface area (Å²) in [6.45, 7) is 6.00. The van der Waals surface area contributed by atoms with E-state index in [1.807, 2.05) is 19.1 Å². The van der Waals surface area contributed by atoms with Crippen LogP contribution in [0.4, 0.5) is 5.82 Å². The Morgan fingerprint density at radius 2 is 2.19 bits per heavy atom. The van der Waals surface area contributed by atoms with E-state index < -0.39 is 0 Å². The molecule has 1 fully saturated rings. The molecule has 88 valence electrons. The first-order chi connectivity index (χ1) is 7.81. The van der Waals surface area contributed by atoms with Crippen LogP contribution in [0.5, 0.6) is 0 Å². The molecule has 2 N–H and O–H groups in total. The van der Waals surface area contributed by atoms with Gasteiger partial charge in [0.2, 0.25) is 0 Å². The molecule has 0 saturated carbocycles. The average Bonchev–Trinajstić information content (AvgIpc) is 2.39. The number of nitrogens with one attached hydrogen (secondary N) is 1. The topological polar surface area (TPSA) is 48.4 Å². The van der Waals surface area contributed by atoms with E-state index >= 15 is 0 Å². The van der Waals surface area contributed by atoms with Gasteiger partial charge in [0.15, 0.2) is 0 Å². The Hall–Kier alpha value is -1.13. The Morgan fingerprint density at radius 1 is 1.44 bits per heavy atom. The third-order valence-corrected chi connectivity index (χ3v) is 2.98. The summed E-state index contributed by atoms with van der Waals surface area (Å²) < 4.78 is 0. The van der Waals surface area contributed by atoms with Gasteiger partial charge in [0.25, 0.3) is 0 Å². The van der Waals surface area contributed by atoms with Crippen molar-refractivity contribution in [3.63, 3.8) is 0 Å². The van der Waals surface area contributed by atoms with E-state index in [-0.39, 0.29) is 6.10 Å². The molecule has 1 aromatic heterocycles. The second kappa shape index (κ2) is 5.27. The third kappa shape index (κ3) is 2.51. The van der Waals surface area contributed by atoms with Crippen LogP contribution in [0.25, 0.3) is 0 Å². The first-order valence-electron chi connectivity index (χ1n) is 5.91. The maximum atomic E-state index is 9.67. The highest BCUT2D eigenvalue weighted by Crippen LogP contribution is 2.18. The third-order valence-electron chi connectivity index (χ3n) is 2.98. The monoisotopic (exact) mass is 221 g/mol. The lowest BCUT2D eigenvalue weighted by atomic mass is 10.1. The Labute approximate surface area is 96.3 Å². The highest BCUT2D eigenvalue weighted by atomic mass is 16.3. The van der Waals surface area contributed by atoms with Crippen molar-refractivity contribution in [1.29, 1.82) is 0 Å². The van der Waals surface area contributed by atoms with Crippen LogP contribution in [-0.2, 0) is 0 Å². The van der Waals surface area contributed by atoms with Gasteiger partial charge in [-0.25, -0.2) is 4.98 Å². The highest BCUT2D eigenvalue weighted by Gasteiger charge is 2.12. The normalized spacial score (nSPS) is 18.5. The van der Waals surface area contributed by atoms with Crippen LogP contribution in [0.15, 0.2) is 18.3 Å². The standard InChI is InChI=1S/C12H19N3O/c1-2-11(16)10-3-4-12(14-9-10)15-7-5-13-6-8-15/h3-4,9,11,13,16H,2,5-8H2,1H3/t11-/m0/s1. The van der Waals surface area contributed by atoms with Crippen molar-refractivity contribution in [1.82, 2.24) is 10.3 Å². The number of nitrogens with zero attached hydrogens (tertiary/aromatic N) is 2. The van der Waals surface area contributed by atoms with Crippen molar-refractivity contribution >= 4 is 5.82 Å². The maximum absolute atomic E-state index is 9.67. The number of aliphatic hydroxyl groups is 1. The molecule has 4 nitrogen and oxygen atoms in total. The second-order valence-electron chi connectivity index (χ2n) is 4.11. The van der Waals surface area contributed by atoms with Gasteiger partial charge < -0.3 is 15.3 Å². The van der Waals surface area contributed by atoms with E-state index in [2.05, 4.69) is 15.2 Å². The van der Waals surface area contributed by atoms with Crippen molar-refractivity contribution in [3.05, 3.63) is 23.9 Å². The summed E-state index contributed by atoms with van der Waals surface area (Å²) in [6, 6.07) is 3.97. The SMILES string of the molecule is CC[C@H](O)c1ccc(N2CCNCC2)nc1. The Morgan fingerprint density at radius 3 is 2.75 bits per heavy atom. The van der Waals surface area contributed by atoms with Crippen LogP contribution in [0, 0.1) is 0 Å². The van der Waals surface area contributed by atoms with Crippen molar-refractivity contribution in [2.24, 2.45) is 0 Å². The summed E-state index contributed by atoms with van der Waals surface area (Å²) in [6.07, 6.45) is 2.13. The molecule has 0 radical (unpaired) electrons. The number of pyridine rings is 1.